The predicted molar refractivity (Wildman–Crippen MR) is 114 cm³/mol. The molecular weight excluding hydrogens is 400 g/mol. The van der Waals surface area contributed by atoms with Gasteiger partial charge in [0.05, 0.1) is 19.8 Å². The van der Waals surface area contributed by atoms with Crippen molar-refractivity contribution in [3.05, 3.63) is 48.0 Å². The highest BCUT2D eigenvalue weighted by Gasteiger charge is 2.26. The molecule has 0 saturated carbocycles. The number of para-hydroxylation sites is 2. The molecule has 2 unspecified atom stereocenters. The summed E-state index contributed by atoms with van der Waals surface area (Å²) in [5.74, 6) is 1.11. The first-order valence-corrected chi connectivity index (χ1v) is 9.86. The highest BCUT2D eigenvalue weighted by molar-refractivity contribution is 5.81. The fourth-order valence-electron chi connectivity index (χ4n) is 2.81. The number of hydrogen-bond acceptors (Lipinski definition) is 7. The van der Waals surface area contributed by atoms with Crippen LogP contribution in [0.15, 0.2) is 42.5 Å². The molecule has 0 fully saturated rings. The SMILES string of the molecule is COc1cccc(OC)c1OCC(O)CNC(=O)C(Oc1ccccc1C#N)C(C)C. The minimum Gasteiger partial charge on any atom is -0.493 e. The highest BCUT2D eigenvalue weighted by atomic mass is 16.5. The van der Waals surface area contributed by atoms with Gasteiger partial charge in [0.2, 0.25) is 5.75 Å². The van der Waals surface area contributed by atoms with E-state index in [1.165, 1.54) is 14.2 Å². The monoisotopic (exact) mass is 428 g/mol. The number of carbonyl (C=O) groups is 1. The Bertz CT molecular complexity index is 887. The average Bonchev–Trinajstić information content (AvgIpc) is 2.79. The van der Waals surface area contributed by atoms with Gasteiger partial charge in [-0.25, -0.2) is 0 Å². The van der Waals surface area contributed by atoms with E-state index in [4.69, 9.17) is 18.9 Å². The number of methoxy groups -OCH3 is 2. The molecule has 0 aliphatic heterocycles. The lowest BCUT2D eigenvalue weighted by molar-refractivity contribution is -0.130. The first-order chi connectivity index (χ1) is 14.9. The molecule has 0 saturated heterocycles. The fourth-order valence-corrected chi connectivity index (χ4v) is 2.81. The third-order valence-corrected chi connectivity index (χ3v) is 4.44. The van der Waals surface area contributed by atoms with Crippen LogP contribution in [0, 0.1) is 17.2 Å². The van der Waals surface area contributed by atoms with Crippen LogP contribution in [0.2, 0.25) is 0 Å². The standard InChI is InChI=1S/C23H28N2O6/c1-15(2)21(31-18-9-6-5-8-16(18)12-24)23(27)25-13-17(26)14-30-22-19(28-3)10-7-11-20(22)29-4/h5-11,15,17,21,26H,13-14H2,1-4H3,(H,25,27). The van der Waals surface area contributed by atoms with Gasteiger partial charge in [0.15, 0.2) is 17.6 Å². The van der Waals surface area contributed by atoms with Gasteiger partial charge in [-0.3, -0.25) is 4.79 Å². The normalized spacial score (nSPS) is 12.4. The molecule has 0 heterocycles. The van der Waals surface area contributed by atoms with E-state index < -0.39 is 18.1 Å². The molecule has 0 aromatic heterocycles. The number of ether oxygens (including phenoxy) is 4. The molecule has 1 amide bonds. The van der Waals surface area contributed by atoms with Crippen molar-refractivity contribution in [3.63, 3.8) is 0 Å². The number of nitrogens with zero attached hydrogens (tertiary/aromatic N) is 1. The molecule has 0 spiro atoms. The topological polar surface area (TPSA) is 110 Å². The van der Waals surface area contributed by atoms with Crippen molar-refractivity contribution in [1.82, 2.24) is 5.32 Å². The largest absolute Gasteiger partial charge is 0.493 e. The van der Waals surface area contributed by atoms with E-state index in [0.29, 0.717) is 28.6 Å². The van der Waals surface area contributed by atoms with Gasteiger partial charge in [-0.2, -0.15) is 5.26 Å². The molecule has 2 rings (SSSR count). The van der Waals surface area contributed by atoms with Crippen LogP contribution < -0.4 is 24.3 Å². The second-order valence-electron chi connectivity index (χ2n) is 7.09. The zero-order valence-corrected chi connectivity index (χ0v) is 18.1. The fraction of sp³-hybridized carbons (Fsp3) is 0.391. The number of amides is 1. The molecule has 2 atom stereocenters. The Morgan fingerprint density at radius 2 is 1.68 bits per heavy atom. The number of hydrogen-bond donors (Lipinski definition) is 2. The van der Waals surface area contributed by atoms with Crippen molar-refractivity contribution in [2.24, 2.45) is 5.92 Å². The molecular formula is C23H28N2O6. The van der Waals surface area contributed by atoms with Crippen LogP contribution in [0.1, 0.15) is 19.4 Å². The summed E-state index contributed by atoms with van der Waals surface area (Å²) in [4.78, 5) is 12.7. The minimum atomic E-state index is -0.974. The molecule has 2 aromatic carbocycles. The molecule has 0 aliphatic rings. The van der Waals surface area contributed by atoms with Crippen LogP contribution in [0.3, 0.4) is 0 Å². The van der Waals surface area contributed by atoms with E-state index in [-0.39, 0.29) is 19.1 Å². The van der Waals surface area contributed by atoms with E-state index >= 15 is 0 Å². The van der Waals surface area contributed by atoms with E-state index in [0.717, 1.165) is 0 Å². The van der Waals surface area contributed by atoms with Gasteiger partial charge in [-0.15, -0.1) is 0 Å². The molecule has 0 radical (unpaired) electrons. The Morgan fingerprint density at radius 3 is 2.26 bits per heavy atom. The van der Waals surface area contributed by atoms with Crippen molar-refractivity contribution in [3.8, 4) is 29.1 Å². The number of aliphatic hydroxyl groups is 1. The molecule has 8 nitrogen and oxygen atoms in total. The van der Waals surface area contributed by atoms with Crippen molar-refractivity contribution in [1.29, 1.82) is 5.26 Å². The van der Waals surface area contributed by atoms with Gasteiger partial charge >= 0.3 is 0 Å². The Labute approximate surface area is 182 Å². The first-order valence-electron chi connectivity index (χ1n) is 9.86. The predicted octanol–water partition coefficient (Wildman–Crippen LogP) is 2.53. The van der Waals surface area contributed by atoms with Crippen LogP contribution in [0.5, 0.6) is 23.0 Å². The van der Waals surface area contributed by atoms with Crippen molar-refractivity contribution in [2.45, 2.75) is 26.1 Å². The lowest BCUT2D eigenvalue weighted by atomic mass is 10.1. The summed E-state index contributed by atoms with van der Waals surface area (Å²) < 4.78 is 22.0. The number of aliphatic hydroxyl groups excluding tert-OH is 1. The minimum absolute atomic E-state index is 0.0389. The van der Waals surface area contributed by atoms with Gasteiger partial charge < -0.3 is 29.4 Å². The van der Waals surface area contributed by atoms with Gasteiger partial charge in [0, 0.05) is 6.54 Å². The van der Waals surface area contributed by atoms with Gasteiger partial charge in [-0.05, 0) is 30.2 Å². The van der Waals surface area contributed by atoms with E-state index in [1.54, 1.807) is 42.5 Å². The molecule has 166 valence electrons. The number of carbonyl (C=O) groups excluding carboxylic acids is 1. The highest BCUT2D eigenvalue weighted by Crippen LogP contribution is 2.36. The smallest absolute Gasteiger partial charge is 0.261 e. The summed E-state index contributed by atoms with van der Waals surface area (Å²) in [6.45, 7) is 3.56. The molecule has 0 aliphatic carbocycles. The van der Waals surface area contributed by atoms with Gasteiger partial charge in [-0.1, -0.05) is 32.0 Å². The lowest BCUT2D eigenvalue weighted by Crippen LogP contribution is -2.45. The van der Waals surface area contributed by atoms with E-state index in [1.807, 2.05) is 19.9 Å². The van der Waals surface area contributed by atoms with Crippen LogP contribution in [0.4, 0.5) is 0 Å². The summed E-state index contributed by atoms with van der Waals surface area (Å²) >= 11 is 0. The second kappa shape index (κ2) is 11.7. The first kappa shape index (κ1) is 23.8. The van der Waals surface area contributed by atoms with E-state index in [2.05, 4.69) is 5.32 Å². The van der Waals surface area contributed by atoms with Crippen LogP contribution in [0.25, 0.3) is 0 Å². The zero-order chi connectivity index (χ0) is 22.8. The second-order valence-corrected chi connectivity index (χ2v) is 7.09. The maximum absolute atomic E-state index is 12.7. The maximum Gasteiger partial charge on any atom is 0.261 e. The van der Waals surface area contributed by atoms with Gasteiger partial charge in [0.25, 0.3) is 5.91 Å². The quantitative estimate of drug-likeness (QED) is 0.566. The van der Waals surface area contributed by atoms with Crippen molar-refractivity contribution >= 4 is 5.91 Å². The van der Waals surface area contributed by atoms with Crippen LogP contribution in [-0.2, 0) is 4.79 Å². The molecule has 2 aromatic rings. The Morgan fingerprint density at radius 1 is 1.06 bits per heavy atom. The number of nitrogens with one attached hydrogen (secondary N) is 1. The average molecular weight is 428 g/mol. The Kier molecular flexibility index (Phi) is 8.97. The maximum atomic E-state index is 12.7. The van der Waals surface area contributed by atoms with Crippen molar-refractivity contribution < 1.29 is 28.8 Å². The summed E-state index contributed by atoms with van der Waals surface area (Å²) in [5, 5.41) is 22.2. The molecule has 8 heteroatoms. The van der Waals surface area contributed by atoms with Gasteiger partial charge in [0.1, 0.15) is 24.5 Å². The lowest BCUT2D eigenvalue weighted by Gasteiger charge is -2.23. The third kappa shape index (κ3) is 6.52. The zero-order valence-electron chi connectivity index (χ0n) is 18.1. The number of benzene rings is 2. The Hall–Kier alpha value is -3.44. The summed E-state index contributed by atoms with van der Waals surface area (Å²) in [7, 11) is 3.02. The number of nitriles is 1. The molecule has 0 bridgehead atoms. The summed E-state index contributed by atoms with van der Waals surface area (Å²) in [6, 6.07) is 14.0. The Balaban J connectivity index is 1.95. The van der Waals surface area contributed by atoms with E-state index in [9.17, 15) is 15.2 Å². The van der Waals surface area contributed by atoms with Crippen LogP contribution >= 0.6 is 0 Å². The number of rotatable bonds is 11. The van der Waals surface area contributed by atoms with Crippen LogP contribution in [-0.4, -0.2) is 50.6 Å². The third-order valence-electron chi connectivity index (χ3n) is 4.44. The summed E-state index contributed by atoms with van der Waals surface area (Å²) in [6.07, 6.45) is -1.80. The molecule has 31 heavy (non-hydrogen) atoms. The molecule has 2 N–H and O–H groups in total. The summed E-state index contributed by atoms with van der Waals surface area (Å²) in [5.41, 5.74) is 0.347. The van der Waals surface area contributed by atoms with Crippen molar-refractivity contribution in [2.75, 3.05) is 27.4 Å².